The quantitative estimate of drug-likeness (QED) is 0.681. The van der Waals surface area contributed by atoms with Crippen LogP contribution in [0.1, 0.15) is 10.4 Å². The molecule has 10 heteroatoms. The number of carbonyl (C=O) groups excluding carboxylic acids is 1. The minimum atomic E-state index is -3.59. The van der Waals surface area contributed by atoms with Crippen LogP contribution in [0.2, 0.25) is 0 Å². The third kappa shape index (κ3) is 5.62. The molecule has 0 heterocycles. The first-order chi connectivity index (χ1) is 10.0. The van der Waals surface area contributed by atoms with Gasteiger partial charge >= 0.3 is 5.97 Å². The summed E-state index contributed by atoms with van der Waals surface area (Å²) in [4.78, 5) is 11.3. The topological polar surface area (TPSA) is 110 Å². The van der Waals surface area contributed by atoms with Crippen LogP contribution < -0.4 is 9.03 Å². The summed E-state index contributed by atoms with van der Waals surface area (Å²) in [6, 6.07) is 5.77. The van der Waals surface area contributed by atoms with E-state index in [0.717, 1.165) is 16.8 Å². The highest BCUT2D eigenvalue weighted by atomic mass is 32.2. The third-order valence-electron chi connectivity index (χ3n) is 2.66. The maximum absolute atomic E-state index is 11.8. The summed E-state index contributed by atoms with van der Waals surface area (Å²) < 4.78 is 53.5. The molecular weight excluding hydrogens is 332 g/mol. The van der Waals surface area contributed by atoms with Crippen molar-refractivity contribution in [3.8, 4) is 0 Å². The largest absolute Gasteiger partial charge is 0.465 e. The van der Waals surface area contributed by atoms with Crippen molar-refractivity contribution in [2.45, 2.75) is 0 Å². The fourth-order valence-electron chi connectivity index (χ4n) is 1.70. The molecule has 22 heavy (non-hydrogen) atoms. The van der Waals surface area contributed by atoms with Gasteiger partial charge in [-0.25, -0.2) is 26.4 Å². The SMILES string of the molecule is COC(=O)c1ccc(N(CCNS(C)(=O)=O)S(C)(=O)=O)cc1. The number of esters is 1. The predicted octanol–water partition coefficient (Wildman–Crippen LogP) is -0.212. The van der Waals surface area contributed by atoms with Gasteiger partial charge in [-0.2, -0.15) is 0 Å². The Hall–Kier alpha value is -1.65. The first kappa shape index (κ1) is 18.4. The standard InChI is InChI=1S/C12H18N2O6S2/c1-20-12(15)10-4-6-11(7-5-10)14(22(3,18)19)9-8-13-21(2,16)17/h4-7,13H,8-9H2,1-3H3. The Bertz CT molecular complexity index is 725. The van der Waals surface area contributed by atoms with Gasteiger partial charge in [-0.15, -0.1) is 0 Å². The second kappa shape index (κ2) is 7.07. The molecule has 0 fully saturated rings. The molecule has 1 N–H and O–H groups in total. The Labute approximate surface area is 130 Å². The summed E-state index contributed by atoms with van der Waals surface area (Å²) >= 11 is 0. The van der Waals surface area contributed by atoms with Gasteiger partial charge in [0, 0.05) is 13.1 Å². The number of benzene rings is 1. The van der Waals surface area contributed by atoms with Gasteiger partial charge in [0.1, 0.15) is 0 Å². The number of nitrogens with zero attached hydrogens (tertiary/aromatic N) is 1. The van der Waals surface area contributed by atoms with E-state index < -0.39 is 26.0 Å². The van der Waals surface area contributed by atoms with E-state index in [2.05, 4.69) is 9.46 Å². The molecular formula is C12H18N2O6S2. The molecule has 0 atom stereocenters. The molecule has 0 radical (unpaired) electrons. The zero-order valence-electron chi connectivity index (χ0n) is 12.4. The van der Waals surface area contributed by atoms with Crippen molar-refractivity contribution in [3.05, 3.63) is 29.8 Å². The number of hydrogen-bond donors (Lipinski definition) is 1. The van der Waals surface area contributed by atoms with Crippen LogP contribution in [0.4, 0.5) is 5.69 Å². The van der Waals surface area contributed by atoms with E-state index in [-0.39, 0.29) is 18.7 Å². The van der Waals surface area contributed by atoms with Crippen molar-refractivity contribution in [1.29, 1.82) is 0 Å². The second-order valence-corrected chi connectivity index (χ2v) is 8.28. The van der Waals surface area contributed by atoms with E-state index in [9.17, 15) is 21.6 Å². The Kier molecular flexibility index (Phi) is 5.92. The van der Waals surface area contributed by atoms with Crippen LogP contribution in [0, 0.1) is 0 Å². The smallest absolute Gasteiger partial charge is 0.337 e. The van der Waals surface area contributed by atoms with Crippen LogP contribution in [0.25, 0.3) is 0 Å². The van der Waals surface area contributed by atoms with Gasteiger partial charge in [0.25, 0.3) is 0 Å². The lowest BCUT2D eigenvalue weighted by Crippen LogP contribution is -2.37. The highest BCUT2D eigenvalue weighted by molar-refractivity contribution is 7.92. The first-order valence-electron chi connectivity index (χ1n) is 6.15. The maximum atomic E-state index is 11.8. The number of carbonyl (C=O) groups is 1. The van der Waals surface area contributed by atoms with E-state index in [1.54, 1.807) is 0 Å². The number of ether oxygens (including phenoxy) is 1. The van der Waals surface area contributed by atoms with Crippen molar-refractivity contribution in [2.24, 2.45) is 0 Å². The highest BCUT2D eigenvalue weighted by Crippen LogP contribution is 2.18. The van der Waals surface area contributed by atoms with E-state index in [0.29, 0.717) is 5.69 Å². The van der Waals surface area contributed by atoms with Crippen molar-refractivity contribution >= 4 is 31.7 Å². The third-order valence-corrected chi connectivity index (χ3v) is 4.58. The number of rotatable bonds is 7. The lowest BCUT2D eigenvalue weighted by Gasteiger charge is -2.22. The minimum Gasteiger partial charge on any atom is -0.465 e. The molecule has 1 rings (SSSR count). The second-order valence-electron chi connectivity index (χ2n) is 4.54. The van der Waals surface area contributed by atoms with Gasteiger partial charge in [-0.3, -0.25) is 4.31 Å². The fraction of sp³-hybridized carbons (Fsp3) is 0.417. The van der Waals surface area contributed by atoms with Crippen LogP contribution >= 0.6 is 0 Å². The molecule has 0 bridgehead atoms. The van der Waals surface area contributed by atoms with Crippen molar-refractivity contribution < 1.29 is 26.4 Å². The summed E-state index contributed by atoms with van der Waals surface area (Å²) in [7, 11) is -5.75. The van der Waals surface area contributed by atoms with Crippen LogP contribution in [0.5, 0.6) is 0 Å². The number of anilines is 1. The summed E-state index contributed by atoms with van der Waals surface area (Å²) in [5.74, 6) is -0.531. The van der Waals surface area contributed by atoms with Gasteiger partial charge < -0.3 is 4.74 Å². The minimum absolute atomic E-state index is 0.0648. The molecule has 0 spiro atoms. The fourth-order valence-corrected chi connectivity index (χ4v) is 3.09. The van der Waals surface area contributed by atoms with Crippen LogP contribution in [-0.2, 0) is 24.8 Å². The number of nitrogens with one attached hydrogen (secondary N) is 1. The van der Waals surface area contributed by atoms with Gasteiger partial charge in [-0.1, -0.05) is 0 Å². The number of sulfonamides is 2. The molecule has 0 aromatic heterocycles. The van der Waals surface area contributed by atoms with Crippen LogP contribution in [-0.4, -0.2) is 55.5 Å². The molecule has 0 saturated carbocycles. The zero-order chi connectivity index (χ0) is 17.0. The van der Waals surface area contributed by atoms with E-state index in [1.807, 2.05) is 0 Å². The molecule has 0 aliphatic heterocycles. The lowest BCUT2D eigenvalue weighted by molar-refractivity contribution is 0.0600. The van der Waals surface area contributed by atoms with Crippen molar-refractivity contribution in [2.75, 3.05) is 37.0 Å². The van der Waals surface area contributed by atoms with Crippen LogP contribution in [0.15, 0.2) is 24.3 Å². The first-order valence-corrected chi connectivity index (χ1v) is 9.89. The zero-order valence-corrected chi connectivity index (χ0v) is 14.1. The molecule has 8 nitrogen and oxygen atoms in total. The Balaban J connectivity index is 2.96. The van der Waals surface area contributed by atoms with Gasteiger partial charge in [-0.05, 0) is 24.3 Å². The highest BCUT2D eigenvalue weighted by Gasteiger charge is 2.18. The summed E-state index contributed by atoms with van der Waals surface area (Å²) in [6.07, 6.45) is 2.00. The summed E-state index contributed by atoms with van der Waals surface area (Å²) in [5.41, 5.74) is 0.611. The molecule has 0 saturated heterocycles. The molecule has 1 aromatic carbocycles. The van der Waals surface area contributed by atoms with E-state index in [1.165, 1.54) is 31.4 Å². The normalized spacial score (nSPS) is 12.0. The van der Waals surface area contributed by atoms with Crippen LogP contribution in [0.3, 0.4) is 0 Å². The average molecular weight is 350 g/mol. The van der Waals surface area contributed by atoms with Crippen molar-refractivity contribution in [3.63, 3.8) is 0 Å². The maximum Gasteiger partial charge on any atom is 0.337 e. The number of methoxy groups -OCH3 is 1. The molecule has 124 valence electrons. The lowest BCUT2D eigenvalue weighted by atomic mass is 10.2. The monoisotopic (exact) mass is 350 g/mol. The summed E-state index contributed by atoms with van der Waals surface area (Å²) in [5, 5.41) is 0. The van der Waals surface area contributed by atoms with Gasteiger partial charge in [0.2, 0.25) is 20.0 Å². The Morgan fingerprint density at radius 3 is 2.09 bits per heavy atom. The van der Waals surface area contributed by atoms with E-state index in [4.69, 9.17) is 0 Å². The Morgan fingerprint density at radius 1 is 1.14 bits per heavy atom. The van der Waals surface area contributed by atoms with Gasteiger partial charge in [0.15, 0.2) is 0 Å². The van der Waals surface area contributed by atoms with E-state index >= 15 is 0 Å². The Morgan fingerprint density at radius 2 is 1.68 bits per heavy atom. The predicted molar refractivity (Wildman–Crippen MR) is 82.8 cm³/mol. The van der Waals surface area contributed by atoms with Gasteiger partial charge in [0.05, 0.1) is 30.9 Å². The molecule has 0 aliphatic rings. The molecule has 0 aliphatic carbocycles. The molecule has 0 amide bonds. The number of hydrogen-bond acceptors (Lipinski definition) is 6. The molecule has 1 aromatic rings. The van der Waals surface area contributed by atoms with Crippen molar-refractivity contribution in [1.82, 2.24) is 4.72 Å². The summed E-state index contributed by atoms with van der Waals surface area (Å²) in [6.45, 7) is -0.131. The molecule has 0 unspecified atom stereocenters. The average Bonchev–Trinajstić information content (AvgIpc) is 2.40.